The fourth-order valence-corrected chi connectivity index (χ4v) is 4.04. The zero-order valence-electron chi connectivity index (χ0n) is 9.92. The minimum atomic E-state index is 0.183. The third kappa shape index (κ3) is 3.41. The van der Waals surface area contributed by atoms with Gasteiger partial charge < -0.3 is 0 Å². The van der Waals surface area contributed by atoms with E-state index in [0.29, 0.717) is 0 Å². The van der Waals surface area contributed by atoms with Crippen LogP contribution in [0.1, 0.15) is 49.4 Å². The van der Waals surface area contributed by atoms with Crippen LogP contribution < -0.4 is 11.3 Å². The molecule has 0 amide bonds. The number of hydrazine groups is 1. The lowest BCUT2D eigenvalue weighted by Gasteiger charge is -2.21. The summed E-state index contributed by atoms with van der Waals surface area (Å²) >= 11 is 5.35. The molecule has 1 aliphatic rings. The molecular formula is C13H19BrN2S. The quantitative estimate of drug-likeness (QED) is 0.496. The van der Waals surface area contributed by atoms with E-state index < -0.39 is 0 Å². The second-order valence-electron chi connectivity index (χ2n) is 4.46. The topological polar surface area (TPSA) is 38.0 Å². The van der Waals surface area contributed by atoms with Crippen molar-refractivity contribution in [2.75, 3.05) is 0 Å². The first-order valence-corrected chi connectivity index (χ1v) is 7.88. The molecule has 4 heteroatoms. The Morgan fingerprint density at radius 3 is 2.82 bits per heavy atom. The molecule has 1 aromatic heterocycles. The fourth-order valence-electron chi connectivity index (χ4n) is 2.34. The highest BCUT2D eigenvalue weighted by Crippen LogP contribution is 2.35. The maximum atomic E-state index is 5.75. The number of thiophene rings is 1. The van der Waals surface area contributed by atoms with E-state index in [-0.39, 0.29) is 6.04 Å². The Labute approximate surface area is 115 Å². The number of rotatable bonds is 3. The van der Waals surface area contributed by atoms with Gasteiger partial charge in [-0.15, -0.1) is 11.3 Å². The van der Waals surface area contributed by atoms with Crippen LogP contribution in [0.2, 0.25) is 0 Å². The van der Waals surface area contributed by atoms with Gasteiger partial charge in [-0.25, -0.2) is 5.43 Å². The van der Waals surface area contributed by atoms with Gasteiger partial charge in [0.15, 0.2) is 0 Å². The van der Waals surface area contributed by atoms with Crippen LogP contribution in [0.25, 0.3) is 0 Å². The number of nitrogens with one attached hydrogen (secondary N) is 1. The van der Waals surface area contributed by atoms with Crippen molar-refractivity contribution >= 4 is 27.3 Å². The lowest BCUT2D eigenvalue weighted by Crippen LogP contribution is -2.29. The molecule has 0 fully saturated rings. The lowest BCUT2D eigenvalue weighted by atomic mass is 9.94. The Kier molecular flexibility index (Phi) is 5.22. The summed E-state index contributed by atoms with van der Waals surface area (Å²) in [5.41, 5.74) is 4.43. The molecule has 0 bridgehead atoms. The lowest BCUT2D eigenvalue weighted by molar-refractivity contribution is 0.559. The second-order valence-corrected chi connectivity index (χ2v) is 6.27. The third-order valence-corrected chi connectivity index (χ3v) is 5.21. The van der Waals surface area contributed by atoms with Crippen LogP contribution in [0.15, 0.2) is 27.6 Å². The van der Waals surface area contributed by atoms with Crippen molar-refractivity contribution in [1.82, 2.24) is 5.43 Å². The van der Waals surface area contributed by atoms with Gasteiger partial charge in [0.05, 0.1) is 6.04 Å². The molecule has 1 aromatic rings. The highest BCUT2D eigenvalue weighted by molar-refractivity contribution is 9.10. The van der Waals surface area contributed by atoms with Crippen molar-refractivity contribution in [2.45, 2.75) is 44.6 Å². The van der Waals surface area contributed by atoms with Crippen LogP contribution in [0.5, 0.6) is 0 Å². The molecule has 1 heterocycles. The SMILES string of the molecule is NNC(/C1=C/CCCCCC1)c1sccc1Br. The van der Waals surface area contributed by atoms with Crippen LogP contribution >= 0.6 is 27.3 Å². The third-order valence-electron chi connectivity index (χ3n) is 3.27. The molecule has 2 nitrogen and oxygen atoms in total. The minimum Gasteiger partial charge on any atom is -0.271 e. The molecule has 1 aliphatic carbocycles. The highest BCUT2D eigenvalue weighted by atomic mass is 79.9. The van der Waals surface area contributed by atoms with Gasteiger partial charge in [0.1, 0.15) is 0 Å². The smallest absolute Gasteiger partial charge is 0.0773 e. The zero-order chi connectivity index (χ0) is 12.1. The maximum Gasteiger partial charge on any atom is 0.0773 e. The molecule has 0 radical (unpaired) electrons. The average Bonchev–Trinajstić information content (AvgIpc) is 2.69. The number of hydrogen-bond donors (Lipinski definition) is 2. The normalized spacial score (nSPS) is 22.4. The van der Waals surface area contributed by atoms with Gasteiger partial charge in [0.2, 0.25) is 0 Å². The molecule has 94 valence electrons. The van der Waals surface area contributed by atoms with Crippen molar-refractivity contribution in [3.8, 4) is 0 Å². The average molecular weight is 315 g/mol. The number of nitrogens with two attached hydrogens (primary N) is 1. The Morgan fingerprint density at radius 2 is 2.12 bits per heavy atom. The first kappa shape index (κ1) is 13.3. The van der Waals surface area contributed by atoms with Crippen molar-refractivity contribution in [3.05, 3.63) is 32.4 Å². The number of halogens is 1. The van der Waals surface area contributed by atoms with Gasteiger partial charge in [0, 0.05) is 9.35 Å². The Balaban J connectivity index is 2.19. The van der Waals surface area contributed by atoms with Gasteiger partial charge in [-0.1, -0.05) is 24.5 Å². The van der Waals surface area contributed by atoms with Crippen LogP contribution in [0, 0.1) is 0 Å². The van der Waals surface area contributed by atoms with E-state index in [1.807, 2.05) is 0 Å². The summed E-state index contributed by atoms with van der Waals surface area (Å²) in [6.45, 7) is 0. The van der Waals surface area contributed by atoms with Gasteiger partial charge in [-0.2, -0.15) is 0 Å². The number of allylic oxidation sites excluding steroid dienone is 1. The molecule has 0 spiro atoms. The first-order chi connectivity index (χ1) is 8.33. The van der Waals surface area contributed by atoms with Crippen LogP contribution in [-0.4, -0.2) is 0 Å². The van der Waals surface area contributed by atoms with E-state index in [0.717, 1.165) is 4.47 Å². The molecule has 3 N–H and O–H groups in total. The van der Waals surface area contributed by atoms with Gasteiger partial charge in [-0.05, 0) is 53.1 Å². The van der Waals surface area contributed by atoms with Crippen molar-refractivity contribution < 1.29 is 0 Å². The zero-order valence-corrected chi connectivity index (χ0v) is 12.3. The van der Waals surface area contributed by atoms with Crippen LogP contribution in [-0.2, 0) is 0 Å². The Hall–Kier alpha value is -0.160. The molecule has 0 aromatic carbocycles. The maximum absolute atomic E-state index is 5.75. The van der Waals surface area contributed by atoms with E-state index in [9.17, 15) is 0 Å². The Bertz CT molecular complexity index is 387. The molecule has 1 unspecified atom stereocenters. The van der Waals surface area contributed by atoms with Gasteiger partial charge >= 0.3 is 0 Å². The molecular weight excluding hydrogens is 296 g/mol. The highest BCUT2D eigenvalue weighted by Gasteiger charge is 2.19. The summed E-state index contributed by atoms with van der Waals surface area (Å²) in [5, 5.41) is 2.10. The van der Waals surface area contributed by atoms with E-state index in [1.54, 1.807) is 11.3 Å². The molecule has 0 saturated heterocycles. The molecule has 0 saturated carbocycles. The van der Waals surface area contributed by atoms with E-state index in [2.05, 4.69) is 38.9 Å². The second kappa shape index (κ2) is 6.69. The van der Waals surface area contributed by atoms with E-state index in [1.165, 1.54) is 49.0 Å². The predicted octanol–water partition coefficient (Wildman–Crippen LogP) is 4.30. The van der Waals surface area contributed by atoms with Crippen molar-refractivity contribution in [1.29, 1.82) is 0 Å². The first-order valence-electron chi connectivity index (χ1n) is 6.21. The van der Waals surface area contributed by atoms with Gasteiger partial charge in [-0.3, -0.25) is 5.84 Å². The van der Waals surface area contributed by atoms with Crippen LogP contribution in [0.3, 0.4) is 0 Å². The summed E-state index contributed by atoms with van der Waals surface area (Å²) in [6.07, 6.45) is 10.1. The molecule has 17 heavy (non-hydrogen) atoms. The monoisotopic (exact) mass is 314 g/mol. The summed E-state index contributed by atoms with van der Waals surface area (Å²) in [4.78, 5) is 1.29. The molecule has 0 aliphatic heterocycles. The standard InChI is InChI=1S/C13H19BrN2S/c14-11-8-9-17-13(11)12(16-15)10-6-4-2-1-3-5-7-10/h6,8-9,12,16H,1-5,7,15H2/b10-6+. The fraction of sp³-hybridized carbons (Fsp3) is 0.538. The summed E-state index contributed by atoms with van der Waals surface area (Å²) in [5.74, 6) is 5.75. The van der Waals surface area contributed by atoms with E-state index in [4.69, 9.17) is 5.84 Å². The van der Waals surface area contributed by atoms with Crippen molar-refractivity contribution in [3.63, 3.8) is 0 Å². The summed E-state index contributed by atoms with van der Waals surface area (Å²) in [6, 6.07) is 2.27. The largest absolute Gasteiger partial charge is 0.271 e. The summed E-state index contributed by atoms with van der Waals surface area (Å²) in [7, 11) is 0. The molecule has 1 atom stereocenters. The predicted molar refractivity (Wildman–Crippen MR) is 77.9 cm³/mol. The van der Waals surface area contributed by atoms with Crippen molar-refractivity contribution in [2.24, 2.45) is 5.84 Å². The van der Waals surface area contributed by atoms with Gasteiger partial charge in [0.25, 0.3) is 0 Å². The van der Waals surface area contributed by atoms with Crippen LogP contribution in [0.4, 0.5) is 0 Å². The minimum absolute atomic E-state index is 0.183. The van der Waals surface area contributed by atoms with E-state index >= 15 is 0 Å². The summed E-state index contributed by atoms with van der Waals surface area (Å²) < 4.78 is 1.16. The number of hydrogen-bond acceptors (Lipinski definition) is 3. The molecule has 2 rings (SSSR count). The Morgan fingerprint density at radius 1 is 1.29 bits per heavy atom.